The number of benzene rings is 1. The van der Waals surface area contributed by atoms with Crippen LogP contribution < -0.4 is 10.1 Å². The molecule has 1 heterocycles. The third-order valence-corrected chi connectivity index (χ3v) is 6.70. The summed E-state index contributed by atoms with van der Waals surface area (Å²) in [5, 5.41) is 10.9. The predicted octanol–water partition coefficient (Wildman–Crippen LogP) is 3.80. The maximum Gasteiger partial charge on any atom is 0.522 e. The van der Waals surface area contributed by atoms with Crippen molar-refractivity contribution in [3.05, 3.63) is 40.8 Å². The second-order valence-corrected chi connectivity index (χ2v) is 9.34. The molecule has 0 radical (unpaired) electrons. The van der Waals surface area contributed by atoms with Gasteiger partial charge in [0.2, 0.25) is 11.8 Å². The topological polar surface area (TPSA) is 86.5 Å². The minimum atomic E-state index is -4.71. The molecule has 4 aliphatic rings. The summed E-state index contributed by atoms with van der Waals surface area (Å²) < 4.78 is 65.6. The molecule has 4 aliphatic carbocycles. The van der Waals surface area contributed by atoms with Gasteiger partial charge in [0.05, 0.1) is 22.5 Å². The van der Waals surface area contributed by atoms with E-state index in [9.17, 15) is 22.4 Å². The van der Waals surface area contributed by atoms with Crippen molar-refractivity contribution in [1.82, 2.24) is 15.5 Å². The SMILES string of the molecule is O=C(COc1ccc(Cl)c(F)c1)NC12CC(c3nnc(C4(COC(F)(F)F)CC4)o3)(C1)C2. The zero-order chi connectivity index (χ0) is 22.8. The summed E-state index contributed by atoms with van der Waals surface area (Å²) in [6, 6.07) is 3.91. The largest absolute Gasteiger partial charge is 0.522 e. The highest BCUT2D eigenvalue weighted by Crippen LogP contribution is 2.67. The van der Waals surface area contributed by atoms with E-state index in [0.29, 0.717) is 38.0 Å². The lowest BCUT2D eigenvalue weighted by Gasteiger charge is -2.68. The van der Waals surface area contributed by atoms with E-state index in [0.717, 1.165) is 6.07 Å². The number of rotatable bonds is 8. The third-order valence-electron chi connectivity index (χ3n) is 6.39. The average Bonchev–Trinajstić information content (AvgIpc) is 3.30. The molecule has 32 heavy (non-hydrogen) atoms. The van der Waals surface area contributed by atoms with Crippen LogP contribution in [0.1, 0.15) is 43.9 Å². The number of carbonyl (C=O) groups is 1. The van der Waals surface area contributed by atoms with Crippen LogP contribution in [0.15, 0.2) is 22.6 Å². The Morgan fingerprint density at radius 2 is 1.88 bits per heavy atom. The highest BCUT2D eigenvalue weighted by Gasteiger charge is 2.72. The summed E-state index contributed by atoms with van der Waals surface area (Å²) >= 11 is 5.61. The number of hydrogen-bond acceptors (Lipinski definition) is 6. The Labute approximate surface area is 184 Å². The van der Waals surface area contributed by atoms with Gasteiger partial charge in [-0.25, -0.2) is 4.39 Å². The zero-order valence-corrected chi connectivity index (χ0v) is 17.4. The van der Waals surface area contributed by atoms with Crippen LogP contribution in [0.2, 0.25) is 5.02 Å². The molecule has 0 unspecified atom stereocenters. The van der Waals surface area contributed by atoms with Crippen LogP contribution in [0.3, 0.4) is 0 Å². The highest BCUT2D eigenvalue weighted by atomic mass is 35.5. The molecule has 1 N–H and O–H groups in total. The number of amides is 1. The number of ether oxygens (including phenoxy) is 2. The van der Waals surface area contributed by atoms with Crippen molar-refractivity contribution in [1.29, 1.82) is 0 Å². The quantitative estimate of drug-likeness (QED) is 0.584. The second-order valence-electron chi connectivity index (χ2n) is 8.93. The number of hydrogen-bond donors (Lipinski definition) is 1. The zero-order valence-electron chi connectivity index (χ0n) is 16.6. The van der Waals surface area contributed by atoms with Crippen LogP contribution in [-0.4, -0.2) is 41.2 Å². The summed E-state index contributed by atoms with van der Waals surface area (Å²) in [6.07, 6.45) is -1.94. The fraction of sp³-hybridized carbons (Fsp3) is 0.550. The van der Waals surface area contributed by atoms with Crippen LogP contribution >= 0.6 is 11.6 Å². The van der Waals surface area contributed by atoms with Gasteiger partial charge < -0.3 is 14.5 Å². The van der Waals surface area contributed by atoms with E-state index >= 15 is 0 Å². The molecule has 0 aliphatic heterocycles. The number of nitrogens with one attached hydrogen (secondary N) is 1. The lowest BCUT2D eigenvalue weighted by atomic mass is 9.39. The molecule has 1 amide bonds. The molecule has 2 bridgehead atoms. The van der Waals surface area contributed by atoms with Crippen molar-refractivity contribution in [2.24, 2.45) is 0 Å². The molecular formula is C20H18ClF4N3O4. The fourth-order valence-corrected chi connectivity index (χ4v) is 4.75. The van der Waals surface area contributed by atoms with Crippen molar-refractivity contribution >= 4 is 17.5 Å². The Kier molecular flexibility index (Phi) is 4.72. The predicted molar refractivity (Wildman–Crippen MR) is 101 cm³/mol. The smallest absolute Gasteiger partial charge is 0.484 e. The summed E-state index contributed by atoms with van der Waals surface area (Å²) in [4.78, 5) is 12.2. The fourth-order valence-electron chi connectivity index (χ4n) is 4.64. The molecule has 0 atom stereocenters. The van der Waals surface area contributed by atoms with Gasteiger partial charge in [0, 0.05) is 11.6 Å². The van der Waals surface area contributed by atoms with Gasteiger partial charge in [-0.15, -0.1) is 23.4 Å². The summed E-state index contributed by atoms with van der Waals surface area (Å²) in [5.74, 6) is -0.236. The van der Waals surface area contributed by atoms with Crippen LogP contribution in [0, 0.1) is 5.82 Å². The monoisotopic (exact) mass is 475 g/mol. The normalized spacial score (nSPS) is 27.3. The number of alkyl halides is 3. The van der Waals surface area contributed by atoms with Crippen molar-refractivity contribution in [2.45, 2.75) is 54.8 Å². The molecule has 7 nitrogen and oxygen atoms in total. The minimum Gasteiger partial charge on any atom is -0.484 e. The number of halogens is 5. The van der Waals surface area contributed by atoms with E-state index in [2.05, 4.69) is 20.3 Å². The molecule has 2 aromatic rings. The van der Waals surface area contributed by atoms with Crippen LogP contribution in [0.4, 0.5) is 17.6 Å². The van der Waals surface area contributed by atoms with E-state index < -0.39 is 29.7 Å². The van der Waals surface area contributed by atoms with Gasteiger partial charge in [0.1, 0.15) is 11.6 Å². The van der Waals surface area contributed by atoms with E-state index in [1.165, 1.54) is 12.1 Å². The van der Waals surface area contributed by atoms with Gasteiger partial charge in [-0.2, -0.15) is 0 Å². The molecule has 0 saturated heterocycles. The first-order chi connectivity index (χ1) is 15.0. The van der Waals surface area contributed by atoms with Crippen molar-refractivity contribution < 1.29 is 36.2 Å². The first kappa shape index (κ1) is 21.4. The number of nitrogens with zero attached hydrogens (tertiary/aromatic N) is 2. The molecule has 1 aromatic carbocycles. The molecular weight excluding hydrogens is 458 g/mol. The third kappa shape index (κ3) is 3.81. The number of carbonyl (C=O) groups excluding carboxylic acids is 1. The van der Waals surface area contributed by atoms with Crippen molar-refractivity contribution in [3.63, 3.8) is 0 Å². The average molecular weight is 476 g/mol. The molecule has 12 heteroatoms. The molecule has 0 spiro atoms. The summed E-state index contributed by atoms with van der Waals surface area (Å²) in [7, 11) is 0. The Morgan fingerprint density at radius 1 is 1.19 bits per heavy atom. The standard InChI is InChI=1S/C20H18ClF4N3O4/c21-12-2-1-11(5-13(12)22)30-6-14(29)26-19-7-18(8-19,9-19)16-28-27-15(32-16)17(3-4-17)10-31-20(23,24)25/h1-2,5H,3-4,6-10H2,(H,26,29). The Hall–Kier alpha value is -2.40. The second kappa shape index (κ2) is 7.05. The maximum absolute atomic E-state index is 13.4. The molecule has 6 rings (SSSR count). The van der Waals surface area contributed by atoms with Gasteiger partial charge >= 0.3 is 6.36 Å². The van der Waals surface area contributed by atoms with Gasteiger partial charge in [-0.05, 0) is 44.2 Å². The van der Waals surface area contributed by atoms with Gasteiger partial charge in [0.15, 0.2) is 6.61 Å². The number of aromatic nitrogens is 2. The van der Waals surface area contributed by atoms with E-state index in [-0.39, 0.29) is 34.6 Å². The summed E-state index contributed by atoms with van der Waals surface area (Å²) in [5.41, 5.74) is -1.62. The van der Waals surface area contributed by atoms with Crippen LogP contribution in [-0.2, 0) is 20.4 Å². The van der Waals surface area contributed by atoms with Gasteiger partial charge in [-0.3, -0.25) is 9.53 Å². The van der Waals surface area contributed by atoms with Gasteiger partial charge in [-0.1, -0.05) is 11.6 Å². The van der Waals surface area contributed by atoms with Crippen LogP contribution in [0.25, 0.3) is 0 Å². The van der Waals surface area contributed by atoms with Gasteiger partial charge in [0.25, 0.3) is 5.91 Å². The maximum atomic E-state index is 13.4. The Balaban J connectivity index is 1.13. The lowest BCUT2D eigenvalue weighted by Crippen LogP contribution is -2.77. The molecule has 172 valence electrons. The highest BCUT2D eigenvalue weighted by molar-refractivity contribution is 6.30. The minimum absolute atomic E-state index is 0.0365. The molecule has 4 fully saturated rings. The van der Waals surface area contributed by atoms with E-state index in [1.54, 1.807) is 0 Å². The van der Waals surface area contributed by atoms with Crippen molar-refractivity contribution in [3.8, 4) is 5.75 Å². The first-order valence-electron chi connectivity index (χ1n) is 9.96. The Morgan fingerprint density at radius 3 is 2.50 bits per heavy atom. The molecule has 4 saturated carbocycles. The summed E-state index contributed by atoms with van der Waals surface area (Å²) in [6.45, 7) is -0.815. The van der Waals surface area contributed by atoms with Crippen LogP contribution in [0.5, 0.6) is 5.75 Å². The molecule has 1 aromatic heterocycles. The first-order valence-corrected chi connectivity index (χ1v) is 10.3. The van der Waals surface area contributed by atoms with E-state index in [1.807, 2.05) is 0 Å². The Bertz CT molecular complexity index is 1050. The lowest BCUT2D eigenvalue weighted by molar-refractivity contribution is -0.327. The van der Waals surface area contributed by atoms with E-state index in [4.69, 9.17) is 20.8 Å². The van der Waals surface area contributed by atoms with Crippen molar-refractivity contribution in [2.75, 3.05) is 13.2 Å².